The number of aryl methyl sites for hydroxylation is 1. The van der Waals surface area contributed by atoms with Gasteiger partial charge in [0.15, 0.2) is 0 Å². The predicted molar refractivity (Wildman–Crippen MR) is 92.0 cm³/mol. The van der Waals surface area contributed by atoms with Gasteiger partial charge in [-0.15, -0.1) is 0 Å². The molecule has 1 N–H and O–H groups in total. The third-order valence-corrected chi connectivity index (χ3v) is 4.38. The van der Waals surface area contributed by atoms with Crippen LogP contribution in [-0.4, -0.2) is 15.2 Å². The minimum absolute atomic E-state index is 0.0356. The fourth-order valence-corrected chi connectivity index (χ4v) is 3.04. The molecule has 0 spiro atoms. The van der Waals surface area contributed by atoms with Crippen molar-refractivity contribution in [1.29, 1.82) is 0 Å². The van der Waals surface area contributed by atoms with Gasteiger partial charge in [0.2, 0.25) is 0 Å². The molecule has 0 bridgehead atoms. The van der Waals surface area contributed by atoms with Gasteiger partial charge in [-0.1, -0.05) is 23.2 Å². The summed E-state index contributed by atoms with van der Waals surface area (Å²) >= 11 is 12.2. The number of hydrogen-bond donors (Lipinski definition) is 1. The van der Waals surface area contributed by atoms with Crippen LogP contribution in [0.1, 0.15) is 24.3 Å². The molecule has 1 unspecified atom stereocenters. The number of aromatic amines is 1. The van der Waals surface area contributed by atoms with Gasteiger partial charge in [-0.05, 0) is 32.0 Å². The van der Waals surface area contributed by atoms with Crippen molar-refractivity contribution >= 4 is 23.2 Å². The third kappa shape index (κ3) is 3.23. The van der Waals surface area contributed by atoms with E-state index in [2.05, 4.69) is 15.2 Å². The number of halogens is 3. The summed E-state index contributed by atoms with van der Waals surface area (Å²) in [5.74, 6) is 0.0334. The molecule has 3 aromatic rings. The van der Waals surface area contributed by atoms with Crippen LogP contribution in [0.15, 0.2) is 36.8 Å². The summed E-state index contributed by atoms with van der Waals surface area (Å²) in [5, 5.41) is 6.99. The van der Waals surface area contributed by atoms with Crippen LogP contribution in [0.5, 0.6) is 5.75 Å². The molecule has 1 atom stereocenters. The van der Waals surface area contributed by atoms with Crippen molar-refractivity contribution in [2.75, 3.05) is 0 Å². The van der Waals surface area contributed by atoms with Crippen molar-refractivity contribution < 1.29 is 9.13 Å². The highest BCUT2D eigenvalue weighted by atomic mass is 35.5. The Morgan fingerprint density at radius 2 is 2.00 bits per heavy atom. The van der Waals surface area contributed by atoms with Crippen LogP contribution in [-0.2, 0) is 0 Å². The first kappa shape index (κ1) is 16.7. The lowest BCUT2D eigenvalue weighted by atomic mass is 10.1. The van der Waals surface area contributed by atoms with Crippen molar-refractivity contribution in [3.63, 3.8) is 0 Å². The summed E-state index contributed by atoms with van der Waals surface area (Å²) in [4.78, 5) is 4.34. The average Bonchev–Trinajstić information content (AvgIpc) is 3.08. The van der Waals surface area contributed by atoms with E-state index in [4.69, 9.17) is 27.9 Å². The van der Waals surface area contributed by atoms with Crippen LogP contribution in [0.25, 0.3) is 11.1 Å². The van der Waals surface area contributed by atoms with Gasteiger partial charge in [-0.3, -0.25) is 10.1 Å². The topological polar surface area (TPSA) is 50.8 Å². The SMILES string of the molecule is Cc1ncc(-c2cn[nH]c2)cc1OC(C)c1c(Cl)ccc(F)c1Cl. The molecule has 24 heavy (non-hydrogen) atoms. The van der Waals surface area contributed by atoms with Crippen LogP contribution in [0.4, 0.5) is 4.39 Å². The van der Waals surface area contributed by atoms with E-state index in [1.54, 1.807) is 25.5 Å². The van der Waals surface area contributed by atoms with Gasteiger partial charge in [0, 0.05) is 34.1 Å². The Hall–Kier alpha value is -2.11. The second-order valence-electron chi connectivity index (χ2n) is 5.31. The maximum Gasteiger partial charge on any atom is 0.142 e. The van der Waals surface area contributed by atoms with Gasteiger partial charge < -0.3 is 4.74 Å². The third-order valence-electron chi connectivity index (χ3n) is 3.66. The number of pyridine rings is 1. The van der Waals surface area contributed by atoms with Gasteiger partial charge >= 0.3 is 0 Å². The molecule has 3 rings (SSSR count). The lowest BCUT2D eigenvalue weighted by Gasteiger charge is -2.19. The van der Waals surface area contributed by atoms with Gasteiger partial charge in [-0.2, -0.15) is 5.10 Å². The molecule has 2 heterocycles. The molecule has 0 amide bonds. The second kappa shape index (κ2) is 6.79. The fourth-order valence-electron chi connectivity index (χ4n) is 2.36. The summed E-state index contributed by atoms with van der Waals surface area (Å²) in [6.07, 6.45) is 4.65. The molecule has 0 aliphatic heterocycles. The Morgan fingerprint density at radius 3 is 2.71 bits per heavy atom. The average molecular weight is 366 g/mol. The number of nitrogens with zero attached hydrogens (tertiary/aromatic N) is 2. The Balaban J connectivity index is 1.94. The van der Waals surface area contributed by atoms with E-state index in [1.165, 1.54) is 12.1 Å². The van der Waals surface area contributed by atoms with Crippen LogP contribution in [0.3, 0.4) is 0 Å². The van der Waals surface area contributed by atoms with E-state index in [0.717, 1.165) is 11.1 Å². The lowest BCUT2D eigenvalue weighted by Crippen LogP contribution is -2.07. The molecule has 124 valence electrons. The number of rotatable bonds is 4. The molecule has 0 saturated heterocycles. The molecular weight excluding hydrogens is 352 g/mol. The zero-order valence-corrected chi connectivity index (χ0v) is 14.5. The van der Waals surface area contributed by atoms with Crippen LogP contribution in [0, 0.1) is 12.7 Å². The summed E-state index contributed by atoms with van der Waals surface area (Å²) in [6.45, 7) is 3.59. The Morgan fingerprint density at radius 1 is 1.21 bits per heavy atom. The minimum Gasteiger partial charge on any atom is -0.484 e. The molecule has 0 radical (unpaired) electrons. The summed E-state index contributed by atoms with van der Waals surface area (Å²) in [6, 6.07) is 4.54. The van der Waals surface area contributed by atoms with Gasteiger partial charge in [-0.25, -0.2) is 4.39 Å². The molecule has 0 aliphatic carbocycles. The van der Waals surface area contributed by atoms with Gasteiger partial charge in [0.25, 0.3) is 0 Å². The fraction of sp³-hybridized carbons (Fsp3) is 0.176. The van der Waals surface area contributed by atoms with E-state index in [1.807, 2.05) is 13.0 Å². The monoisotopic (exact) mass is 365 g/mol. The number of nitrogens with one attached hydrogen (secondary N) is 1. The smallest absolute Gasteiger partial charge is 0.142 e. The summed E-state index contributed by atoms with van der Waals surface area (Å²) < 4.78 is 19.7. The van der Waals surface area contributed by atoms with Crippen LogP contribution < -0.4 is 4.74 Å². The van der Waals surface area contributed by atoms with E-state index < -0.39 is 11.9 Å². The first-order chi connectivity index (χ1) is 11.5. The molecule has 0 aliphatic rings. The van der Waals surface area contributed by atoms with Crippen molar-refractivity contribution in [1.82, 2.24) is 15.2 Å². The molecule has 7 heteroatoms. The lowest BCUT2D eigenvalue weighted by molar-refractivity contribution is 0.224. The van der Waals surface area contributed by atoms with Gasteiger partial charge in [0.05, 0.1) is 16.9 Å². The number of hydrogen-bond acceptors (Lipinski definition) is 3. The maximum atomic E-state index is 13.7. The molecular formula is C17H14Cl2FN3O. The standard InChI is InChI=1S/C17H14Cl2FN3O/c1-9-15(5-11(6-21-9)12-7-22-23-8-12)24-10(2)16-13(18)3-4-14(20)17(16)19/h3-8,10H,1-2H3,(H,22,23). The Kier molecular flexibility index (Phi) is 4.73. The highest BCUT2D eigenvalue weighted by Crippen LogP contribution is 2.36. The second-order valence-corrected chi connectivity index (χ2v) is 6.10. The zero-order valence-electron chi connectivity index (χ0n) is 13.0. The molecule has 1 aromatic carbocycles. The van der Waals surface area contributed by atoms with Crippen LogP contribution >= 0.6 is 23.2 Å². The summed E-state index contributed by atoms with van der Waals surface area (Å²) in [5.41, 5.74) is 2.86. The highest BCUT2D eigenvalue weighted by Gasteiger charge is 2.19. The van der Waals surface area contributed by atoms with Crippen molar-refractivity contribution in [3.8, 4) is 16.9 Å². The summed E-state index contributed by atoms with van der Waals surface area (Å²) in [7, 11) is 0. The number of ether oxygens (including phenoxy) is 1. The van der Waals surface area contributed by atoms with E-state index >= 15 is 0 Å². The predicted octanol–water partition coefficient (Wildman–Crippen LogP) is 5.37. The highest BCUT2D eigenvalue weighted by molar-refractivity contribution is 6.36. The van der Waals surface area contributed by atoms with Crippen molar-refractivity contribution in [2.45, 2.75) is 20.0 Å². The van der Waals surface area contributed by atoms with E-state index in [0.29, 0.717) is 22.0 Å². The first-order valence-corrected chi connectivity index (χ1v) is 7.99. The number of aromatic nitrogens is 3. The number of benzene rings is 1. The van der Waals surface area contributed by atoms with E-state index in [-0.39, 0.29) is 5.02 Å². The van der Waals surface area contributed by atoms with Crippen molar-refractivity contribution in [2.24, 2.45) is 0 Å². The van der Waals surface area contributed by atoms with Crippen LogP contribution in [0.2, 0.25) is 10.0 Å². The van der Waals surface area contributed by atoms with E-state index in [9.17, 15) is 4.39 Å². The molecule has 0 fully saturated rings. The zero-order chi connectivity index (χ0) is 17.3. The molecule has 2 aromatic heterocycles. The Labute approximate surface area is 148 Å². The molecule has 4 nitrogen and oxygen atoms in total. The minimum atomic E-state index is -0.541. The number of H-pyrrole nitrogens is 1. The van der Waals surface area contributed by atoms with Crippen molar-refractivity contribution in [3.05, 3.63) is 63.9 Å². The maximum absolute atomic E-state index is 13.7. The first-order valence-electron chi connectivity index (χ1n) is 7.23. The van der Waals surface area contributed by atoms with Gasteiger partial charge in [0.1, 0.15) is 17.7 Å². The quantitative estimate of drug-likeness (QED) is 0.632. The molecule has 0 saturated carbocycles. The normalized spacial score (nSPS) is 12.2. The Bertz CT molecular complexity index is 869. The largest absolute Gasteiger partial charge is 0.484 e.